The van der Waals surface area contributed by atoms with Gasteiger partial charge in [-0.05, 0) is 31.1 Å². The highest BCUT2D eigenvalue weighted by atomic mass is 35.5. The van der Waals surface area contributed by atoms with E-state index in [0.29, 0.717) is 17.0 Å². The van der Waals surface area contributed by atoms with E-state index in [0.717, 1.165) is 19.1 Å². The highest BCUT2D eigenvalue weighted by molar-refractivity contribution is 6.31. The van der Waals surface area contributed by atoms with Crippen molar-refractivity contribution in [2.75, 3.05) is 0 Å². The normalized spacial score (nSPS) is 10.6. The highest BCUT2D eigenvalue weighted by Gasteiger charge is 2.00. The summed E-state index contributed by atoms with van der Waals surface area (Å²) in [6, 6.07) is 6.84. The van der Waals surface area contributed by atoms with E-state index in [2.05, 4.69) is 0 Å². The molecular weight excluding hydrogens is 224 g/mol. The number of benzene rings is 1. The molecule has 0 saturated carbocycles. The zero-order chi connectivity index (χ0) is 11.8. The van der Waals surface area contributed by atoms with Crippen LogP contribution in [0.1, 0.15) is 29.6 Å². The van der Waals surface area contributed by atoms with Gasteiger partial charge in [-0.15, -0.1) is 0 Å². The van der Waals surface area contributed by atoms with E-state index >= 15 is 0 Å². The Bertz CT molecular complexity index is 397. The van der Waals surface area contributed by atoms with Gasteiger partial charge in [0.15, 0.2) is 5.78 Å². The Labute approximate surface area is 99.9 Å². The summed E-state index contributed by atoms with van der Waals surface area (Å²) in [5.41, 5.74) is 0.583. The van der Waals surface area contributed by atoms with Crippen LogP contribution in [0.5, 0.6) is 0 Å². The van der Waals surface area contributed by atoms with Crippen LogP contribution < -0.4 is 0 Å². The molecule has 1 aromatic carbocycles. The SMILES string of the molecule is O=CCCC/C=C/C(=O)c1cccc(Cl)c1. The molecule has 0 spiro atoms. The number of hydrogen-bond donors (Lipinski definition) is 0. The lowest BCUT2D eigenvalue weighted by molar-refractivity contribution is -0.107. The number of halogens is 1. The Morgan fingerprint density at radius 3 is 2.81 bits per heavy atom. The van der Waals surface area contributed by atoms with E-state index in [1.165, 1.54) is 6.08 Å². The molecule has 2 nitrogen and oxygen atoms in total. The van der Waals surface area contributed by atoms with Gasteiger partial charge in [-0.1, -0.05) is 29.8 Å². The zero-order valence-corrected chi connectivity index (χ0v) is 9.61. The van der Waals surface area contributed by atoms with Crippen LogP contribution >= 0.6 is 11.6 Å². The van der Waals surface area contributed by atoms with Crippen molar-refractivity contribution in [3.63, 3.8) is 0 Å². The molecule has 0 aliphatic carbocycles. The van der Waals surface area contributed by atoms with Crippen LogP contribution in [0, 0.1) is 0 Å². The fourth-order valence-corrected chi connectivity index (χ4v) is 1.44. The third-order valence-corrected chi connectivity index (χ3v) is 2.31. The van der Waals surface area contributed by atoms with E-state index in [9.17, 15) is 9.59 Å². The van der Waals surface area contributed by atoms with E-state index in [-0.39, 0.29) is 5.78 Å². The van der Waals surface area contributed by atoms with Gasteiger partial charge in [0.1, 0.15) is 6.29 Å². The van der Waals surface area contributed by atoms with E-state index < -0.39 is 0 Å². The van der Waals surface area contributed by atoms with Crippen molar-refractivity contribution in [3.8, 4) is 0 Å². The lowest BCUT2D eigenvalue weighted by Gasteiger charge is -1.96. The van der Waals surface area contributed by atoms with Gasteiger partial charge in [-0.25, -0.2) is 0 Å². The van der Waals surface area contributed by atoms with Gasteiger partial charge in [0, 0.05) is 17.0 Å². The molecule has 0 N–H and O–H groups in total. The van der Waals surface area contributed by atoms with Crippen molar-refractivity contribution < 1.29 is 9.59 Å². The largest absolute Gasteiger partial charge is 0.303 e. The molecule has 84 valence electrons. The van der Waals surface area contributed by atoms with Crippen LogP contribution in [-0.2, 0) is 4.79 Å². The maximum absolute atomic E-state index is 11.6. The molecule has 0 aromatic heterocycles. The molecule has 0 bridgehead atoms. The Morgan fingerprint density at radius 2 is 2.12 bits per heavy atom. The molecule has 0 aliphatic heterocycles. The molecule has 16 heavy (non-hydrogen) atoms. The standard InChI is InChI=1S/C13H13ClO2/c14-12-7-5-6-11(10-12)13(16)8-3-1-2-4-9-15/h3,5-10H,1-2,4H2/b8-3+. The van der Waals surface area contributed by atoms with Crippen molar-refractivity contribution in [3.05, 3.63) is 47.0 Å². The van der Waals surface area contributed by atoms with E-state index in [1.54, 1.807) is 30.3 Å². The molecule has 0 radical (unpaired) electrons. The fourth-order valence-electron chi connectivity index (χ4n) is 1.25. The Kier molecular flexibility index (Phi) is 5.51. The molecule has 1 aromatic rings. The Hall–Kier alpha value is -1.41. The van der Waals surface area contributed by atoms with Crippen LogP contribution in [0.25, 0.3) is 0 Å². The summed E-state index contributed by atoms with van der Waals surface area (Å²) in [5.74, 6) is -0.0615. The first kappa shape index (κ1) is 12.7. The van der Waals surface area contributed by atoms with Crippen molar-refractivity contribution in [1.82, 2.24) is 0 Å². The highest BCUT2D eigenvalue weighted by Crippen LogP contribution is 2.11. The summed E-state index contributed by atoms with van der Waals surface area (Å²) in [7, 11) is 0. The maximum Gasteiger partial charge on any atom is 0.185 e. The van der Waals surface area contributed by atoms with Crippen LogP contribution in [-0.4, -0.2) is 12.1 Å². The Morgan fingerprint density at radius 1 is 1.31 bits per heavy atom. The van der Waals surface area contributed by atoms with Crippen LogP contribution in [0.15, 0.2) is 36.4 Å². The first-order valence-electron chi connectivity index (χ1n) is 5.14. The van der Waals surface area contributed by atoms with Crippen molar-refractivity contribution in [1.29, 1.82) is 0 Å². The minimum absolute atomic E-state index is 0.0615. The molecular formula is C13H13ClO2. The average Bonchev–Trinajstić information content (AvgIpc) is 2.28. The second-order valence-electron chi connectivity index (χ2n) is 3.37. The number of rotatable bonds is 6. The van der Waals surface area contributed by atoms with Gasteiger partial charge in [-0.3, -0.25) is 4.79 Å². The summed E-state index contributed by atoms with van der Waals surface area (Å²) in [4.78, 5) is 21.7. The summed E-state index contributed by atoms with van der Waals surface area (Å²) >= 11 is 5.78. The number of carbonyl (C=O) groups is 2. The molecule has 0 heterocycles. The van der Waals surface area contributed by atoms with Gasteiger partial charge in [-0.2, -0.15) is 0 Å². The number of aldehydes is 1. The third-order valence-electron chi connectivity index (χ3n) is 2.07. The van der Waals surface area contributed by atoms with Crippen LogP contribution in [0.4, 0.5) is 0 Å². The van der Waals surface area contributed by atoms with Gasteiger partial charge < -0.3 is 4.79 Å². The zero-order valence-electron chi connectivity index (χ0n) is 8.86. The summed E-state index contributed by atoms with van der Waals surface area (Å²) in [6.45, 7) is 0. The molecule has 1 rings (SSSR count). The monoisotopic (exact) mass is 236 g/mol. The van der Waals surface area contributed by atoms with Crippen LogP contribution in [0.3, 0.4) is 0 Å². The lowest BCUT2D eigenvalue weighted by atomic mass is 10.1. The molecule has 0 unspecified atom stereocenters. The molecule has 0 amide bonds. The Balaban J connectivity index is 2.49. The summed E-state index contributed by atoms with van der Waals surface area (Å²) < 4.78 is 0. The number of allylic oxidation sites excluding steroid dienone is 2. The minimum atomic E-state index is -0.0615. The molecule has 0 aliphatic rings. The van der Waals surface area contributed by atoms with Crippen molar-refractivity contribution in [2.24, 2.45) is 0 Å². The topological polar surface area (TPSA) is 34.1 Å². The first-order chi connectivity index (χ1) is 7.74. The molecule has 0 saturated heterocycles. The smallest absolute Gasteiger partial charge is 0.185 e. The third kappa shape index (κ3) is 4.41. The molecule has 3 heteroatoms. The second kappa shape index (κ2) is 6.96. The minimum Gasteiger partial charge on any atom is -0.303 e. The van der Waals surface area contributed by atoms with Gasteiger partial charge >= 0.3 is 0 Å². The molecule has 0 atom stereocenters. The summed E-state index contributed by atoms with van der Waals surface area (Å²) in [6.07, 6.45) is 6.25. The lowest BCUT2D eigenvalue weighted by Crippen LogP contribution is -1.93. The molecule has 0 fully saturated rings. The van der Waals surface area contributed by atoms with E-state index in [1.807, 2.05) is 0 Å². The quantitative estimate of drug-likeness (QED) is 0.328. The number of unbranched alkanes of at least 4 members (excludes halogenated alkanes) is 2. The van der Waals surface area contributed by atoms with Crippen molar-refractivity contribution >= 4 is 23.7 Å². The number of carbonyl (C=O) groups excluding carboxylic acids is 2. The first-order valence-corrected chi connectivity index (χ1v) is 5.52. The predicted octanol–water partition coefficient (Wildman–Crippen LogP) is 3.45. The summed E-state index contributed by atoms with van der Waals surface area (Å²) in [5, 5.41) is 0.556. The fraction of sp³-hybridized carbons (Fsp3) is 0.231. The van der Waals surface area contributed by atoms with Crippen molar-refractivity contribution in [2.45, 2.75) is 19.3 Å². The second-order valence-corrected chi connectivity index (χ2v) is 3.81. The van der Waals surface area contributed by atoms with Gasteiger partial charge in [0.05, 0.1) is 0 Å². The van der Waals surface area contributed by atoms with Gasteiger partial charge in [0.2, 0.25) is 0 Å². The average molecular weight is 237 g/mol. The van der Waals surface area contributed by atoms with E-state index in [4.69, 9.17) is 11.6 Å². The predicted molar refractivity (Wildman–Crippen MR) is 64.8 cm³/mol. The van der Waals surface area contributed by atoms with Gasteiger partial charge in [0.25, 0.3) is 0 Å². The number of ketones is 1. The van der Waals surface area contributed by atoms with Crippen LogP contribution in [0.2, 0.25) is 5.02 Å². The maximum atomic E-state index is 11.6. The number of hydrogen-bond acceptors (Lipinski definition) is 2.